The number of dihydropyridines is 1. The Balaban J connectivity index is 2.11. The molecule has 0 aliphatic carbocycles. The second-order valence-electron chi connectivity index (χ2n) is 3.58. The van der Waals surface area contributed by atoms with Gasteiger partial charge in [-0.05, 0) is 28.4 Å². The number of nitrogens with one attached hydrogen (secondary N) is 1. The molecule has 2 heterocycles. The quantitative estimate of drug-likeness (QED) is 0.763. The monoisotopic (exact) mass is 213 g/mol. The third-order valence-corrected chi connectivity index (χ3v) is 3.71. The summed E-state index contributed by atoms with van der Waals surface area (Å²) < 4.78 is 0. The predicted molar refractivity (Wildman–Crippen MR) is 66.0 cm³/mol. The highest BCUT2D eigenvalue weighted by Crippen LogP contribution is 2.32. The summed E-state index contributed by atoms with van der Waals surface area (Å²) in [5, 5.41) is 8.27. The number of hydrogen-bond acceptors (Lipinski definition) is 2. The Kier molecular flexibility index (Phi) is 2.07. The van der Waals surface area contributed by atoms with Crippen LogP contribution in [-0.4, -0.2) is 0 Å². The van der Waals surface area contributed by atoms with Gasteiger partial charge >= 0.3 is 0 Å². The van der Waals surface area contributed by atoms with E-state index in [1.807, 2.05) is 23.6 Å². The van der Waals surface area contributed by atoms with Crippen molar-refractivity contribution in [3.63, 3.8) is 0 Å². The van der Waals surface area contributed by atoms with E-state index in [1.54, 1.807) is 0 Å². The van der Waals surface area contributed by atoms with Gasteiger partial charge in [0.1, 0.15) is 0 Å². The van der Waals surface area contributed by atoms with E-state index in [1.165, 1.54) is 15.6 Å². The molecule has 0 radical (unpaired) electrons. The molecular weight excluding hydrogens is 202 g/mol. The molecule has 0 amide bonds. The fraction of sp³-hybridized carbons (Fsp3) is 0.0769. The maximum absolute atomic E-state index is 3.36. The lowest BCUT2D eigenvalue weighted by molar-refractivity contribution is 0.765. The van der Waals surface area contributed by atoms with Crippen LogP contribution in [-0.2, 0) is 0 Å². The van der Waals surface area contributed by atoms with Crippen molar-refractivity contribution in [3.05, 3.63) is 59.0 Å². The van der Waals surface area contributed by atoms with E-state index < -0.39 is 0 Å². The number of hydrogen-bond donors (Lipinski definition) is 1. The summed E-state index contributed by atoms with van der Waals surface area (Å²) in [6, 6.07) is 8.87. The van der Waals surface area contributed by atoms with Crippen LogP contribution in [0.4, 0.5) is 0 Å². The molecule has 1 N–H and O–H groups in total. The summed E-state index contributed by atoms with van der Waals surface area (Å²) >= 11 is 1.82. The molecule has 1 atom stereocenters. The average molecular weight is 213 g/mol. The lowest BCUT2D eigenvalue weighted by Gasteiger charge is -2.14. The Morgan fingerprint density at radius 1 is 1.13 bits per heavy atom. The van der Waals surface area contributed by atoms with Crippen LogP contribution in [0.25, 0.3) is 10.8 Å². The summed E-state index contributed by atoms with van der Waals surface area (Å²) in [7, 11) is 0. The van der Waals surface area contributed by atoms with Crippen LogP contribution in [0.2, 0.25) is 0 Å². The summed E-state index contributed by atoms with van der Waals surface area (Å²) in [5.74, 6) is 0. The second-order valence-corrected chi connectivity index (χ2v) is 4.49. The van der Waals surface area contributed by atoms with Crippen molar-refractivity contribution in [2.24, 2.45) is 0 Å². The Labute approximate surface area is 92.7 Å². The molecule has 15 heavy (non-hydrogen) atoms. The third kappa shape index (κ3) is 1.47. The molecule has 0 spiro atoms. The Morgan fingerprint density at radius 2 is 2.07 bits per heavy atom. The minimum atomic E-state index is 0.333. The van der Waals surface area contributed by atoms with Crippen molar-refractivity contribution < 1.29 is 0 Å². The van der Waals surface area contributed by atoms with E-state index in [-0.39, 0.29) is 0 Å². The largest absolute Gasteiger partial charge is 0.380 e. The highest BCUT2D eigenvalue weighted by Gasteiger charge is 2.12. The molecule has 74 valence electrons. The number of thiophene rings is 1. The molecule has 0 saturated heterocycles. The normalized spacial score (nSPS) is 19.3. The molecule has 1 aliphatic rings. The molecule has 2 aromatic rings. The molecule has 1 unspecified atom stereocenters. The van der Waals surface area contributed by atoms with Crippen LogP contribution >= 0.6 is 11.3 Å². The van der Waals surface area contributed by atoms with E-state index in [0.29, 0.717) is 6.04 Å². The zero-order valence-electron chi connectivity index (χ0n) is 8.18. The summed E-state index contributed by atoms with van der Waals surface area (Å²) in [5.41, 5.74) is 0. The maximum atomic E-state index is 3.36. The first-order valence-corrected chi connectivity index (χ1v) is 5.88. The van der Waals surface area contributed by atoms with E-state index in [0.717, 1.165) is 0 Å². The second kappa shape index (κ2) is 3.55. The zero-order chi connectivity index (χ0) is 10.1. The Morgan fingerprint density at radius 3 is 2.93 bits per heavy atom. The van der Waals surface area contributed by atoms with Crippen LogP contribution in [0, 0.1) is 0 Å². The minimum absolute atomic E-state index is 0.333. The van der Waals surface area contributed by atoms with Crippen LogP contribution < -0.4 is 5.32 Å². The lowest BCUT2D eigenvalue weighted by atomic mass is 10.1. The first-order chi connectivity index (χ1) is 7.45. The standard InChI is InChI=1S/C13H11NS/c1-2-6-11-10(5-1)9-15-13(11)12-7-3-4-8-14-12/h1-9,12,14H. The molecule has 1 aromatic heterocycles. The van der Waals surface area contributed by atoms with Crippen LogP contribution in [0.5, 0.6) is 0 Å². The molecule has 1 nitrogen and oxygen atoms in total. The summed E-state index contributed by atoms with van der Waals surface area (Å²) in [4.78, 5) is 1.39. The predicted octanol–water partition coefficient (Wildman–Crippen LogP) is 3.62. The van der Waals surface area contributed by atoms with E-state index in [2.05, 4.69) is 47.1 Å². The summed E-state index contributed by atoms with van der Waals surface area (Å²) in [6.45, 7) is 0. The topological polar surface area (TPSA) is 12.0 Å². The number of fused-ring (bicyclic) bond motifs is 1. The first-order valence-electron chi connectivity index (χ1n) is 5.01. The smallest absolute Gasteiger partial charge is 0.0795 e. The summed E-state index contributed by atoms with van der Waals surface area (Å²) in [6.07, 6.45) is 8.30. The number of allylic oxidation sites excluding steroid dienone is 2. The van der Waals surface area contributed by atoms with Crippen molar-refractivity contribution in [2.75, 3.05) is 0 Å². The first kappa shape index (κ1) is 8.74. The molecular formula is C13H11NS. The molecule has 0 bridgehead atoms. The molecule has 2 heteroatoms. The Bertz CT molecular complexity index is 536. The fourth-order valence-electron chi connectivity index (χ4n) is 1.86. The van der Waals surface area contributed by atoms with Gasteiger partial charge in [0.2, 0.25) is 0 Å². The average Bonchev–Trinajstić information content (AvgIpc) is 2.74. The Hall–Kier alpha value is -1.54. The van der Waals surface area contributed by atoms with Gasteiger partial charge in [-0.1, -0.05) is 36.4 Å². The van der Waals surface area contributed by atoms with Gasteiger partial charge in [0.15, 0.2) is 0 Å². The minimum Gasteiger partial charge on any atom is -0.380 e. The van der Waals surface area contributed by atoms with E-state index >= 15 is 0 Å². The molecule has 0 saturated carbocycles. The van der Waals surface area contributed by atoms with Crippen molar-refractivity contribution in [3.8, 4) is 0 Å². The maximum Gasteiger partial charge on any atom is 0.0795 e. The van der Waals surface area contributed by atoms with Crippen molar-refractivity contribution in [2.45, 2.75) is 6.04 Å². The highest BCUT2D eigenvalue weighted by molar-refractivity contribution is 7.11. The fourth-order valence-corrected chi connectivity index (χ4v) is 2.93. The van der Waals surface area contributed by atoms with Gasteiger partial charge in [0, 0.05) is 4.88 Å². The van der Waals surface area contributed by atoms with Crippen LogP contribution in [0.3, 0.4) is 0 Å². The third-order valence-electron chi connectivity index (χ3n) is 2.61. The number of rotatable bonds is 1. The molecule has 1 aromatic carbocycles. The number of benzene rings is 1. The van der Waals surface area contributed by atoms with Crippen LogP contribution in [0.15, 0.2) is 54.1 Å². The SMILES string of the molecule is C1=CNC(c2scc3ccccc23)C=C1. The van der Waals surface area contributed by atoms with Crippen molar-refractivity contribution in [1.29, 1.82) is 0 Å². The molecule has 0 fully saturated rings. The van der Waals surface area contributed by atoms with Gasteiger partial charge in [-0.15, -0.1) is 11.3 Å². The van der Waals surface area contributed by atoms with E-state index in [4.69, 9.17) is 0 Å². The van der Waals surface area contributed by atoms with Gasteiger partial charge in [-0.3, -0.25) is 0 Å². The molecule has 3 rings (SSSR count). The van der Waals surface area contributed by atoms with Gasteiger partial charge in [0.05, 0.1) is 6.04 Å². The van der Waals surface area contributed by atoms with Crippen LogP contribution in [0.1, 0.15) is 10.9 Å². The highest BCUT2D eigenvalue weighted by atomic mass is 32.1. The van der Waals surface area contributed by atoms with Gasteiger partial charge in [0.25, 0.3) is 0 Å². The lowest BCUT2D eigenvalue weighted by Crippen LogP contribution is -2.13. The van der Waals surface area contributed by atoms with Gasteiger partial charge in [-0.2, -0.15) is 0 Å². The van der Waals surface area contributed by atoms with Gasteiger partial charge < -0.3 is 5.32 Å². The van der Waals surface area contributed by atoms with Crippen molar-refractivity contribution in [1.82, 2.24) is 5.32 Å². The van der Waals surface area contributed by atoms with E-state index in [9.17, 15) is 0 Å². The molecule has 1 aliphatic heterocycles. The van der Waals surface area contributed by atoms with Gasteiger partial charge in [-0.25, -0.2) is 0 Å². The zero-order valence-corrected chi connectivity index (χ0v) is 9.00. The van der Waals surface area contributed by atoms with Crippen molar-refractivity contribution >= 4 is 22.1 Å².